The molecule has 2 amide bonds. The number of piperazine rings is 1. The second-order valence-electron chi connectivity index (χ2n) is 12.6. The van der Waals surface area contributed by atoms with Gasteiger partial charge in [-0.2, -0.15) is 0 Å². The van der Waals surface area contributed by atoms with Gasteiger partial charge >= 0.3 is 18.0 Å². The molecule has 1 aromatic heterocycles. The summed E-state index contributed by atoms with van der Waals surface area (Å²) in [4.78, 5) is 53.7. The van der Waals surface area contributed by atoms with Crippen LogP contribution in [0.3, 0.4) is 0 Å². The standard InChI is InChI=1S/C34H36ClFN6O5S/c1-4-47-31(43)27-26(38-29(30-37-11-14-48-30)39-28(27)24-10-7-21(36)15-25(24)35)19-40-12-13-41-23(17-40)18-42(33(41)46)22-8-5-20(6-9-22)16-34(2,3)32(44)45/h5-11,14-15,23,28H,4,12-13,16-19H2,1-3H3,(H,38,39)(H,44,45). The van der Waals surface area contributed by atoms with Gasteiger partial charge in [-0.25, -0.2) is 19.0 Å². The number of amidine groups is 1. The number of nitrogens with one attached hydrogen (secondary N) is 1. The Morgan fingerprint density at radius 2 is 1.94 bits per heavy atom. The van der Waals surface area contributed by atoms with Crippen LogP contribution in [0.25, 0.3) is 0 Å². The van der Waals surface area contributed by atoms with Crippen LogP contribution in [-0.4, -0.2) is 89.1 Å². The minimum Gasteiger partial charge on any atom is -0.481 e. The maximum Gasteiger partial charge on any atom is 0.338 e. The van der Waals surface area contributed by atoms with Crippen LogP contribution < -0.4 is 10.2 Å². The third kappa shape index (κ3) is 6.80. The number of amides is 2. The average Bonchev–Trinajstić information content (AvgIpc) is 3.69. The summed E-state index contributed by atoms with van der Waals surface area (Å²) in [5.41, 5.74) is 2.06. The Morgan fingerprint density at radius 1 is 1.17 bits per heavy atom. The zero-order valence-corrected chi connectivity index (χ0v) is 28.4. The van der Waals surface area contributed by atoms with Crippen molar-refractivity contribution in [3.05, 3.63) is 92.3 Å². The second-order valence-corrected chi connectivity index (χ2v) is 13.9. The van der Waals surface area contributed by atoms with Crippen molar-refractivity contribution in [2.24, 2.45) is 10.4 Å². The molecular weight excluding hydrogens is 659 g/mol. The summed E-state index contributed by atoms with van der Waals surface area (Å²) in [7, 11) is 0. The van der Waals surface area contributed by atoms with Crippen LogP contribution in [-0.2, 0) is 20.7 Å². The van der Waals surface area contributed by atoms with E-state index in [0.29, 0.717) is 61.2 Å². The van der Waals surface area contributed by atoms with Gasteiger partial charge in [0.2, 0.25) is 0 Å². The van der Waals surface area contributed by atoms with Crippen LogP contribution in [0.2, 0.25) is 5.02 Å². The lowest BCUT2D eigenvalue weighted by Gasteiger charge is -2.38. The summed E-state index contributed by atoms with van der Waals surface area (Å²) in [6.45, 7) is 7.68. The molecule has 2 atom stereocenters. The van der Waals surface area contributed by atoms with Crippen LogP contribution in [0, 0.1) is 11.2 Å². The minimum absolute atomic E-state index is 0.0790. The molecule has 11 nitrogen and oxygen atoms in total. The highest BCUT2D eigenvalue weighted by Gasteiger charge is 2.42. The Balaban J connectivity index is 1.24. The van der Waals surface area contributed by atoms with Crippen LogP contribution >= 0.6 is 22.9 Å². The number of carboxylic acids is 1. The van der Waals surface area contributed by atoms with Gasteiger partial charge in [-0.3, -0.25) is 19.6 Å². The maximum atomic E-state index is 14.0. The van der Waals surface area contributed by atoms with Gasteiger partial charge in [0.1, 0.15) is 11.9 Å². The summed E-state index contributed by atoms with van der Waals surface area (Å²) in [5, 5.41) is 15.4. The highest BCUT2D eigenvalue weighted by molar-refractivity contribution is 7.11. The van der Waals surface area contributed by atoms with E-state index in [1.54, 1.807) is 31.9 Å². The molecular formula is C34H36ClFN6O5S. The van der Waals surface area contributed by atoms with Gasteiger partial charge in [0, 0.05) is 66.3 Å². The van der Waals surface area contributed by atoms with E-state index < -0.39 is 29.2 Å². The van der Waals surface area contributed by atoms with Crippen LogP contribution in [0.5, 0.6) is 0 Å². The predicted molar refractivity (Wildman–Crippen MR) is 181 cm³/mol. The van der Waals surface area contributed by atoms with Crippen molar-refractivity contribution in [3.63, 3.8) is 0 Å². The third-order valence-electron chi connectivity index (χ3n) is 8.80. The summed E-state index contributed by atoms with van der Waals surface area (Å²) in [6.07, 6.45) is 2.04. The highest BCUT2D eigenvalue weighted by Crippen LogP contribution is 2.37. The van der Waals surface area contributed by atoms with E-state index in [4.69, 9.17) is 21.3 Å². The number of carbonyl (C=O) groups is 3. The summed E-state index contributed by atoms with van der Waals surface area (Å²) >= 11 is 7.91. The third-order valence-corrected chi connectivity index (χ3v) is 9.91. The summed E-state index contributed by atoms with van der Waals surface area (Å²) < 4.78 is 19.5. The van der Waals surface area contributed by atoms with E-state index in [1.807, 2.05) is 34.5 Å². The van der Waals surface area contributed by atoms with Crippen molar-refractivity contribution in [1.29, 1.82) is 0 Å². The number of ether oxygens (including phenoxy) is 1. The lowest BCUT2D eigenvalue weighted by atomic mass is 9.86. The number of carboxylic acid groups (broad SMARTS) is 1. The molecule has 2 aromatic carbocycles. The number of hydrogen-bond acceptors (Lipinski definition) is 9. The molecule has 0 saturated carbocycles. The molecule has 14 heteroatoms. The number of anilines is 1. The van der Waals surface area contributed by atoms with E-state index in [0.717, 1.165) is 11.3 Å². The molecule has 252 valence electrons. The Bertz CT molecular complexity index is 1780. The summed E-state index contributed by atoms with van der Waals surface area (Å²) in [5.74, 6) is -1.45. The first kappa shape index (κ1) is 33.6. The molecule has 3 aliphatic rings. The van der Waals surface area contributed by atoms with Gasteiger partial charge in [0.05, 0.1) is 23.6 Å². The molecule has 2 fully saturated rings. The number of aliphatic carboxylic acids is 1. The molecule has 2 saturated heterocycles. The Hall–Kier alpha value is -4.33. The molecule has 3 aliphatic heterocycles. The first-order valence-corrected chi connectivity index (χ1v) is 16.9. The molecule has 6 rings (SSSR count). The maximum absolute atomic E-state index is 14.0. The minimum atomic E-state index is -0.900. The van der Waals surface area contributed by atoms with Crippen molar-refractivity contribution in [3.8, 4) is 0 Å². The Morgan fingerprint density at radius 3 is 2.60 bits per heavy atom. The summed E-state index contributed by atoms with van der Waals surface area (Å²) in [6, 6.07) is 10.5. The molecule has 0 bridgehead atoms. The number of thiazole rings is 1. The lowest BCUT2D eigenvalue weighted by Crippen LogP contribution is -2.53. The van der Waals surface area contributed by atoms with Crippen molar-refractivity contribution >= 4 is 52.4 Å². The lowest BCUT2D eigenvalue weighted by molar-refractivity contribution is -0.146. The Kier molecular flexibility index (Phi) is 9.55. The normalized spacial score (nSPS) is 20.0. The molecule has 0 radical (unpaired) electrons. The zero-order valence-electron chi connectivity index (χ0n) is 26.8. The smallest absolute Gasteiger partial charge is 0.338 e. The van der Waals surface area contributed by atoms with Crippen LogP contribution in [0.4, 0.5) is 14.9 Å². The van der Waals surface area contributed by atoms with E-state index in [9.17, 15) is 23.9 Å². The van der Waals surface area contributed by atoms with E-state index in [1.165, 1.54) is 29.5 Å². The molecule has 2 N–H and O–H groups in total. The number of rotatable bonds is 10. The SMILES string of the molecule is CCOC(=O)C1=C(CN2CCN3C(=O)N(c4ccc(CC(C)(C)C(=O)O)cc4)CC3C2)NC(c2nccs2)=NC1c1ccc(F)cc1Cl. The Labute approximate surface area is 286 Å². The fourth-order valence-electron chi connectivity index (χ4n) is 6.30. The molecule has 48 heavy (non-hydrogen) atoms. The first-order chi connectivity index (χ1) is 22.9. The zero-order chi connectivity index (χ0) is 34.2. The number of hydrogen-bond donors (Lipinski definition) is 2. The molecule has 0 aliphatic carbocycles. The van der Waals surface area contributed by atoms with E-state index in [-0.39, 0.29) is 29.3 Å². The number of carbonyl (C=O) groups excluding carboxylic acids is 2. The fourth-order valence-corrected chi connectivity index (χ4v) is 7.16. The van der Waals surface area contributed by atoms with Gasteiger partial charge in [-0.1, -0.05) is 29.8 Å². The quantitative estimate of drug-likeness (QED) is 0.280. The largest absolute Gasteiger partial charge is 0.481 e. The average molecular weight is 695 g/mol. The number of aromatic nitrogens is 1. The number of halogens is 2. The number of urea groups is 1. The van der Waals surface area contributed by atoms with Gasteiger partial charge in [-0.15, -0.1) is 11.3 Å². The van der Waals surface area contributed by atoms with E-state index in [2.05, 4.69) is 15.2 Å². The topological polar surface area (TPSA) is 128 Å². The van der Waals surface area contributed by atoms with Crippen molar-refractivity contribution in [2.45, 2.75) is 39.3 Å². The number of benzene rings is 2. The number of aliphatic imine (C=N–C) groups is 1. The predicted octanol–water partition coefficient (Wildman–Crippen LogP) is 5.12. The molecule has 4 heterocycles. The van der Waals surface area contributed by atoms with Crippen molar-refractivity contribution in [1.82, 2.24) is 20.1 Å². The molecule has 2 unspecified atom stereocenters. The van der Waals surface area contributed by atoms with Crippen LogP contribution in [0.15, 0.2) is 70.3 Å². The number of esters is 1. The van der Waals surface area contributed by atoms with Crippen molar-refractivity contribution in [2.75, 3.05) is 44.2 Å². The van der Waals surface area contributed by atoms with E-state index >= 15 is 0 Å². The number of nitrogens with zero attached hydrogens (tertiary/aromatic N) is 5. The van der Waals surface area contributed by atoms with Crippen LogP contribution in [0.1, 0.15) is 42.9 Å². The van der Waals surface area contributed by atoms with Gasteiger partial charge in [-0.05, 0) is 57.0 Å². The van der Waals surface area contributed by atoms with Gasteiger partial charge < -0.3 is 20.1 Å². The molecule has 0 spiro atoms. The monoisotopic (exact) mass is 694 g/mol. The first-order valence-electron chi connectivity index (χ1n) is 15.7. The molecule has 3 aromatic rings. The van der Waals surface area contributed by atoms with Crippen molar-refractivity contribution < 1.29 is 28.6 Å². The van der Waals surface area contributed by atoms with Gasteiger partial charge in [0.25, 0.3) is 0 Å². The van der Waals surface area contributed by atoms with Gasteiger partial charge in [0.15, 0.2) is 10.8 Å². The number of fused-ring (bicyclic) bond motifs is 1. The second kappa shape index (κ2) is 13.7. The fraction of sp³-hybridized carbons (Fsp3) is 0.382. The highest BCUT2D eigenvalue weighted by atomic mass is 35.5.